The molecule has 0 radical (unpaired) electrons. The topological polar surface area (TPSA) is 26.6 Å². The van der Waals surface area contributed by atoms with Crippen molar-refractivity contribution in [3.8, 4) is 28.7 Å². The molecule has 0 N–H and O–H groups in total. The van der Waals surface area contributed by atoms with E-state index in [1.54, 1.807) is 0 Å². The van der Waals surface area contributed by atoms with Crippen LogP contribution in [0.25, 0.3) is 27.5 Å². The summed E-state index contributed by atoms with van der Waals surface area (Å²) in [6, 6.07) is 42.1. The number of fused-ring (bicyclic) bond motifs is 11. The largest absolute Gasteiger partial charge is 0.458 e. The first-order valence-corrected chi connectivity index (χ1v) is 17.1. The van der Waals surface area contributed by atoms with Crippen LogP contribution < -0.4 is 30.8 Å². The van der Waals surface area contributed by atoms with Crippen molar-refractivity contribution >= 4 is 56.3 Å². The number of rotatable bonds is 2. The molecule has 4 aliphatic rings. The third-order valence-electron chi connectivity index (χ3n) is 10.9. The Morgan fingerprint density at radius 3 is 2.00 bits per heavy atom. The number of nitrogens with zero attached hydrogens (tertiary/aromatic N) is 2. The summed E-state index contributed by atoms with van der Waals surface area (Å²) in [7, 11) is 0. The molecule has 0 saturated carbocycles. The van der Waals surface area contributed by atoms with Crippen molar-refractivity contribution in [3.63, 3.8) is 0 Å². The number of aryl methyl sites for hydroxylation is 2. The van der Waals surface area contributed by atoms with E-state index in [1.807, 2.05) is 0 Å². The van der Waals surface area contributed by atoms with E-state index in [0.717, 1.165) is 39.7 Å². The molecule has 0 amide bonds. The van der Waals surface area contributed by atoms with Crippen LogP contribution in [0.5, 0.6) is 23.0 Å². The average molecular weight is 631 g/mol. The minimum atomic E-state index is 0.0328. The first-order chi connectivity index (χ1) is 24.1. The van der Waals surface area contributed by atoms with Crippen molar-refractivity contribution in [1.82, 2.24) is 4.57 Å². The van der Waals surface area contributed by atoms with Gasteiger partial charge in [0.1, 0.15) is 23.0 Å². The van der Waals surface area contributed by atoms with Gasteiger partial charge in [-0.3, -0.25) is 0 Å². The smallest absolute Gasteiger partial charge is 0.260 e. The second kappa shape index (κ2) is 9.80. The lowest BCUT2D eigenvalue weighted by molar-refractivity contribution is 0.464. The van der Waals surface area contributed by atoms with E-state index >= 15 is 0 Å². The maximum atomic E-state index is 6.84. The van der Waals surface area contributed by atoms with Gasteiger partial charge in [0.2, 0.25) is 0 Å². The molecular formula is C44H31BN2O2. The fourth-order valence-electron chi connectivity index (χ4n) is 8.84. The number of aromatic nitrogens is 1. The summed E-state index contributed by atoms with van der Waals surface area (Å²) < 4.78 is 16.1. The Kier molecular flexibility index (Phi) is 5.41. The fraction of sp³-hybridized carbons (Fsp3) is 0.0909. The zero-order chi connectivity index (χ0) is 32.4. The Morgan fingerprint density at radius 1 is 0.592 bits per heavy atom. The molecule has 4 nitrogen and oxygen atoms in total. The molecule has 5 heteroatoms. The maximum Gasteiger partial charge on any atom is 0.260 e. The van der Waals surface area contributed by atoms with E-state index in [1.165, 1.54) is 55.3 Å². The Balaban J connectivity index is 1.22. The molecule has 2 unspecified atom stereocenters. The molecule has 3 aliphatic heterocycles. The first kappa shape index (κ1) is 27.1. The number of hydrogen-bond acceptors (Lipinski definition) is 3. The predicted molar refractivity (Wildman–Crippen MR) is 201 cm³/mol. The van der Waals surface area contributed by atoms with Gasteiger partial charge in [-0.15, -0.1) is 0 Å². The predicted octanol–water partition coefficient (Wildman–Crippen LogP) is 8.86. The second-order valence-corrected chi connectivity index (χ2v) is 13.8. The molecule has 4 heterocycles. The molecule has 2 atom stereocenters. The van der Waals surface area contributed by atoms with E-state index in [0.29, 0.717) is 0 Å². The number of benzene rings is 6. The molecule has 49 heavy (non-hydrogen) atoms. The number of para-hydroxylation sites is 2. The zero-order valence-corrected chi connectivity index (χ0v) is 27.2. The van der Waals surface area contributed by atoms with Gasteiger partial charge in [-0.05, 0) is 71.8 Å². The quantitative estimate of drug-likeness (QED) is 0.179. The highest BCUT2D eigenvalue weighted by molar-refractivity contribution is 6.98. The van der Waals surface area contributed by atoms with Crippen molar-refractivity contribution in [2.24, 2.45) is 0 Å². The van der Waals surface area contributed by atoms with Gasteiger partial charge in [0.05, 0.1) is 28.5 Å². The third-order valence-corrected chi connectivity index (χ3v) is 10.9. The van der Waals surface area contributed by atoms with Crippen LogP contribution in [0.2, 0.25) is 0 Å². The van der Waals surface area contributed by atoms with E-state index in [9.17, 15) is 0 Å². The van der Waals surface area contributed by atoms with E-state index in [-0.39, 0.29) is 18.7 Å². The molecule has 1 aromatic heterocycles. The zero-order valence-electron chi connectivity index (χ0n) is 27.2. The molecule has 7 aromatic rings. The Morgan fingerprint density at radius 2 is 1.27 bits per heavy atom. The molecule has 6 aromatic carbocycles. The molecule has 0 spiro atoms. The van der Waals surface area contributed by atoms with Crippen LogP contribution in [0, 0.1) is 13.8 Å². The molecular weight excluding hydrogens is 599 g/mol. The summed E-state index contributed by atoms with van der Waals surface area (Å²) in [5.41, 5.74) is 13.0. The van der Waals surface area contributed by atoms with Crippen molar-refractivity contribution in [2.75, 3.05) is 4.90 Å². The summed E-state index contributed by atoms with van der Waals surface area (Å²) in [4.78, 5) is 2.54. The Bertz CT molecular complexity index is 2540. The number of hydrogen-bond donors (Lipinski definition) is 0. The van der Waals surface area contributed by atoms with E-state index in [4.69, 9.17) is 9.47 Å². The summed E-state index contributed by atoms with van der Waals surface area (Å²) in [6.45, 7) is 4.29. The monoisotopic (exact) mass is 630 g/mol. The second-order valence-electron chi connectivity index (χ2n) is 13.8. The standard InChI is InChI=1S/C44H31BN2O2/c1-26-16-20-34-38(22-26)48-40-24-29(25-41-42(40)45(34)35-21-17-27(2)23-39(35)49-41)47-37-15-9-7-13-31(37)33-19-18-32-30-12-6-8-14-36(30)46(43(32)44(33)47)28-10-4-3-5-11-28/h3-25,30,36H,1-2H3. The lowest BCUT2D eigenvalue weighted by atomic mass is 9.35. The van der Waals surface area contributed by atoms with Gasteiger partial charge in [-0.2, -0.15) is 0 Å². The van der Waals surface area contributed by atoms with Gasteiger partial charge in [-0.1, -0.05) is 97.1 Å². The molecule has 0 fully saturated rings. The SMILES string of the molecule is Cc1ccc2c(c1)Oc1cc(-n3c4ccccc4c4ccc5c(c43)N(c3ccccc3)C3C=CC=CC53)cc3c1B2c1ccc(C)cc1O3. The van der Waals surface area contributed by atoms with Gasteiger partial charge < -0.3 is 18.9 Å². The minimum absolute atomic E-state index is 0.0328. The Hall–Kier alpha value is -5.94. The van der Waals surface area contributed by atoms with Crippen LogP contribution in [0.15, 0.2) is 140 Å². The molecule has 1 aliphatic carbocycles. The highest BCUT2D eigenvalue weighted by atomic mass is 16.5. The minimum Gasteiger partial charge on any atom is -0.458 e. The Labute approximate surface area is 285 Å². The number of ether oxygens (including phenoxy) is 2. The summed E-state index contributed by atoms with van der Waals surface area (Å²) in [6.07, 6.45) is 9.08. The lowest BCUT2D eigenvalue weighted by Gasteiger charge is -2.34. The highest BCUT2D eigenvalue weighted by Crippen LogP contribution is 2.53. The normalized spacial score (nSPS) is 17.7. The van der Waals surface area contributed by atoms with Crippen LogP contribution in [-0.2, 0) is 0 Å². The van der Waals surface area contributed by atoms with Crippen LogP contribution >= 0.6 is 0 Å². The third kappa shape index (κ3) is 3.70. The van der Waals surface area contributed by atoms with Crippen LogP contribution in [-0.4, -0.2) is 17.3 Å². The summed E-state index contributed by atoms with van der Waals surface area (Å²) >= 11 is 0. The van der Waals surface area contributed by atoms with Gasteiger partial charge in [0.15, 0.2) is 0 Å². The van der Waals surface area contributed by atoms with Crippen LogP contribution in [0.4, 0.5) is 11.4 Å². The van der Waals surface area contributed by atoms with Crippen LogP contribution in [0.3, 0.4) is 0 Å². The van der Waals surface area contributed by atoms with Crippen molar-refractivity contribution in [3.05, 3.63) is 156 Å². The summed E-state index contributed by atoms with van der Waals surface area (Å²) in [5, 5.41) is 2.46. The maximum absolute atomic E-state index is 6.84. The fourth-order valence-corrected chi connectivity index (χ4v) is 8.84. The molecule has 232 valence electrons. The lowest BCUT2D eigenvalue weighted by Crippen LogP contribution is -2.57. The van der Waals surface area contributed by atoms with E-state index in [2.05, 4.69) is 163 Å². The summed E-state index contributed by atoms with van der Waals surface area (Å²) in [5.74, 6) is 3.78. The van der Waals surface area contributed by atoms with Crippen molar-refractivity contribution < 1.29 is 9.47 Å². The average Bonchev–Trinajstić information content (AvgIpc) is 3.64. The van der Waals surface area contributed by atoms with E-state index < -0.39 is 0 Å². The van der Waals surface area contributed by atoms with Gasteiger partial charge in [0, 0.05) is 40.0 Å². The van der Waals surface area contributed by atoms with Gasteiger partial charge in [0.25, 0.3) is 6.71 Å². The van der Waals surface area contributed by atoms with Crippen molar-refractivity contribution in [2.45, 2.75) is 25.8 Å². The number of allylic oxidation sites excluding steroid dienone is 2. The van der Waals surface area contributed by atoms with Crippen LogP contribution in [0.1, 0.15) is 22.6 Å². The molecule has 11 rings (SSSR count). The molecule has 0 bridgehead atoms. The number of anilines is 2. The van der Waals surface area contributed by atoms with Crippen molar-refractivity contribution in [1.29, 1.82) is 0 Å². The highest BCUT2D eigenvalue weighted by Gasteiger charge is 2.42. The van der Waals surface area contributed by atoms with Gasteiger partial charge in [-0.25, -0.2) is 0 Å². The molecule has 0 saturated heterocycles. The van der Waals surface area contributed by atoms with Gasteiger partial charge >= 0.3 is 0 Å². The first-order valence-electron chi connectivity index (χ1n) is 17.1.